The predicted octanol–water partition coefficient (Wildman–Crippen LogP) is 0.483. The van der Waals surface area contributed by atoms with Crippen LogP contribution in [0, 0.1) is 5.92 Å². The van der Waals surface area contributed by atoms with Crippen molar-refractivity contribution >= 4 is 41.0 Å². The fourth-order valence-electron chi connectivity index (χ4n) is 3.38. The van der Waals surface area contributed by atoms with Gasteiger partial charge in [-0.1, -0.05) is 11.6 Å². The number of anilines is 1. The van der Waals surface area contributed by atoms with Crippen LogP contribution in [0.1, 0.15) is 26.7 Å². The second-order valence-corrected chi connectivity index (χ2v) is 8.66. The van der Waals surface area contributed by atoms with Gasteiger partial charge in [0.25, 0.3) is 0 Å². The SMILES string of the molecule is CC(C)N1CCC(C(=O)NC(CNC(=O)C(=O)Nc2ccc(Cl)cn2)C(=O)N(C)C)CC1. The van der Waals surface area contributed by atoms with E-state index in [0.717, 1.165) is 13.1 Å². The number of amides is 4. The predicted molar refractivity (Wildman–Crippen MR) is 121 cm³/mol. The van der Waals surface area contributed by atoms with Gasteiger partial charge in [0.05, 0.1) is 5.02 Å². The van der Waals surface area contributed by atoms with Crippen LogP contribution in [0.5, 0.6) is 0 Å². The van der Waals surface area contributed by atoms with Crippen LogP contribution in [0.15, 0.2) is 18.3 Å². The first kappa shape index (κ1) is 25.5. The van der Waals surface area contributed by atoms with E-state index in [1.54, 1.807) is 14.1 Å². The van der Waals surface area contributed by atoms with E-state index in [1.807, 2.05) is 0 Å². The number of piperidine rings is 1. The Morgan fingerprint density at radius 2 is 1.81 bits per heavy atom. The number of hydrogen-bond donors (Lipinski definition) is 3. The molecule has 0 bridgehead atoms. The number of halogens is 1. The van der Waals surface area contributed by atoms with Crippen molar-refractivity contribution in [1.29, 1.82) is 0 Å². The molecule has 1 aliphatic heterocycles. The van der Waals surface area contributed by atoms with E-state index in [9.17, 15) is 19.2 Å². The molecule has 0 saturated carbocycles. The number of carbonyl (C=O) groups excluding carboxylic acids is 4. The Morgan fingerprint density at radius 3 is 2.34 bits per heavy atom. The van der Waals surface area contributed by atoms with Gasteiger partial charge in [-0.25, -0.2) is 4.98 Å². The Labute approximate surface area is 193 Å². The molecule has 0 spiro atoms. The zero-order chi connectivity index (χ0) is 23.8. The second-order valence-electron chi connectivity index (χ2n) is 8.22. The highest BCUT2D eigenvalue weighted by atomic mass is 35.5. The number of nitrogens with zero attached hydrogens (tertiary/aromatic N) is 3. The minimum absolute atomic E-state index is 0.163. The highest BCUT2D eigenvalue weighted by Crippen LogP contribution is 2.19. The third-order valence-electron chi connectivity index (χ3n) is 5.33. The quantitative estimate of drug-likeness (QED) is 0.502. The first-order chi connectivity index (χ1) is 15.1. The maximum Gasteiger partial charge on any atom is 0.314 e. The number of likely N-dealkylation sites (tertiary alicyclic amines) is 1. The number of nitrogens with one attached hydrogen (secondary N) is 3. The van der Waals surface area contributed by atoms with Crippen molar-refractivity contribution < 1.29 is 19.2 Å². The average molecular weight is 467 g/mol. The summed E-state index contributed by atoms with van der Waals surface area (Å²) in [5.74, 6) is -2.52. The molecule has 2 heterocycles. The van der Waals surface area contributed by atoms with Gasteiger partial charge < -0.3 is 25.8 Å². The largest absolute Gasteiger partial charge is 0.347 e. The molecule has 32 heavy (non-hydrogen) atoms. The summed E-state index contributed by atoms with van der Waals surface area (Å²) in [4.78, 5) is 57.1. The molecule has 2 rings (SSSR count). The van der Waals surface area contributed by atoms with Crippen LogP contribution in [0.4, 0.5) is 5.82 Å². The van der Waals surface area contributed by atoms with Gasteiger partial charge in [-0.2, -0.15) is 0 Å². The normalized spacial score (nSPS) is 15.7. The Hall–Kier alpha value is -2.72. The smallest absolute Gasteiger partial charge is 0.314 e. The zero-order valence-corrected chi connectivity index (χ0v) is 19.6. The molecule has 0 aliphatic carbocycles. The first-order valence-corrected chi connectivity index (χ1v) is 10.9. The summed E-state index contributed by atoms with van der Waals surface area (Å²) >= 11 is 5.74. The number of pyridine rings is 1. The summed E-state index contributed by atoms with van der Waals surface area (Å²) in [5, 5.41) is 7.88. The number of likely N-dealkylation sites (N-methyl/N-ethyl adjacent to an activating group) is 1. The minimum Gasteiger partial charge on any atom is -0.347 e. The van der Waals surface area contributed by atoms with Gasteiger partial charge >= 0.3 is 11.8 Å². The lowest BCUT2D eigenvalue weighted by atomic mass is 9.94. The lowest BCUT2D eigenvalue weighted by molar-refractivity contribution is -0.138. The summed E-state index contributed by atoms with van der Waals surface area (Å²) in [5.41, 5.74) is 0. The molecule has 176 valence electrons. The van der Waals surface area contributed by atoms with Gasteiger partial charge in [0.2, 0.25) is 11.8 Å². The molecule has 1 aromatic heterocycles. The topological polar surface area (TPSA) is 124 Å². The second kappa shape index (κ2) is 11.8. The molecule has 10 nitrogen and oxygen atoms in total. The minimum atomic E-state index is -0.981. The number of rotatable bonds is 7. The molecule has 11 heteroatoms. The molecule has 3 N–H and O–H groups in total. The van der Waals surface area contributed by atoms with Crippen molar-refractivity contribution in [1.82, 2.24) is 25.4 Å². The molecule has 0 radical (unpaired) electrons. The molecule has 1 unspecified atom stereocenters. The van der Waals surface area contributed by atoms with Crippen LogP contribution in [0.3, 0.4) is 0 Å². The van der Waals surface area contributed by atoms with Crippen LogP contribution in [-0.2, 0) is 19.2 Å². The fourth-order valence-corrected chi connectivity index (χ4v) is 3.49. The number of aromatic nitrogens is 1. The molecule has 0 aromatic carbocycles. The van der Waals surface area contributed by atoms with Crippen molar-refractivity contribution in [3.63, 3.8) is 0 Å². The lowest BCUT2D eigenvalue weighted by Crippen LogP contribution is -2.55. The van der Waals surface area contributed by atoms with Crippen LogP contribution in [0.25, 0.3) is 0 Å². The molecule has 1 atom stereocenters. The van der Waals surface area contributed by atoms with E-state index in [-0.39, 0.29) is 30.1 Å². The molecule has 1 aliphatic rings. The molecular formula is C21H31ClN6O4. The van der Waals surface area contributed by atoms with Gasteiger partial charge in [-0.3, -0.25) is 19.2 Å². The Kier molecular flexibility index (Phi) is 9.40. The molecule has 1 saturated heterocycles. The summed E-state index contributed by atoms with van der Waals surface area (Å²) in [7, 11) is 3.12. The molecule has 1 aromatic rings. The van der Waals surface area contributed by atoms with E-state index < -0.39 is 17.9 Å². The Balaban J connectivity index is 1.92. The molecular weight excluding hydrogens is 436 g/mol. The van der Waals surface area contributed by atoms with E-state index in [4.69, 9.17) is 11.6 Å². The summed E-state index contributed by atoms with van der Waals surface area (Å²) in [6.07, 6.45) is 2.74. The number of carbonyl (C=O) groups is 4. The maximum absolute atomic E-state index is 12.7. The molecule has 1 fully saturated rings. The average Bonchev–Trinajstić information content (AvgIpc) is 2.77. The van der Waals surface area contributed by atoms with Crippen LogP contribution >= 0.6 is 11.6 Å². The highest BCUT2D eigenvalue weighted by molar-refractivity contribution is 6.39. The van der Waals surface area contributed by atoms with E-state index in [1.165, 1.54) is 23.2 Å². The Morgan fingerprint density at radius 1 is 1.16 bits per heavy atom. The van der Waals surface area contributed by atoms with E-state index in [2.05, 4.69) is 39.7 Å². The third-order valence-corrected chi connectivity index (χ3v) is 5.55. The van der Waals surface area contributed by atoms with Crippen molar-refractivity contribution in [3.8, 4) is 0 Å². The van der Waals surface area contributed by atoms with Gasteiger partial charge in [-0.05, 0) is 51.9 Å². The highest BCUT2D eigenvalue weighted by Gasteiger charge is 2.30. The summed E-state index contributed by atoms with van der Waals surface area (Å²) in [6, 6.07) is 2.42. The standard InChI is InChI=1S/C21H31ClN6O4/c1-13(2)28-9-7-14(8-10-28)18(29)25-16(21(32)27(3)4)12-24-19(30)20(31)26-17-6-5-15(22)11-23-17/h5-6,11,13-14,16H,7-10,12H2,1-4H3,(H,24,30)(H,25,29)(H,23,26,31). The summed E-state index contributed by atoms with van der Waals surface area (Å²) in [6.45, 7) is 5.66. The van der Waals surface area contributed by atoms with E-state index in [0.29, 0.717) is 23.9 Å². The first-order valence-electron chi connectivity index (χ1n) is 10.5. The van der Waals surface area contributed by atoms with Gasteiger partial charge in [0.15, 0.2) is 0 Å². The van der Waals surface area contributed by atoms with Gasteiger partial charge in [0.1, 0.15) is 11.9 Å². The maximum atomic E-state index is 12.7. The van der Waals surface area contributed by atoms with Crippen LogP contribution in [-0.4, -0.2) is 84.2 Å². The zero-order valence-electron chi connectivity index (χ0n) is 18.9. The third kappa shape index (κ3) is 7.45. The summed E-state index contributed by atoms with van der Waals surface area (Å²) < 4.78 is 0. The Bertz CT molecular complexity index is 822. The van der Waals surface area contributed by atoms with Gasteiger partial charge in [-0.15, -0.1) is 0 Å². The number of hydrogen-bond acceptors (Lipinski definition) is 6. The van der Waals surface area contributed by atoms with Crippen molar-refractivity contribution in [3.05, 3.63) is 23.4 Å². The van der Waals surface area contributed by atoms with Crippen molar-refractivity contribution in [2.75, 3.05) is 39.0 Å². The van der Waals surface area contributed by atoms with Gasteiger partial charge in [0, 0.05) is 38.8 Å². The molecule has 4 amide bonds. The van der Waals surface area contributed by atoms with Crippen molar-refractivity contribution in [2.45, 2.75) is 38.8 Å². The van der Waals surface area contributed by atoms with Crippen molar-refractivity contribution in [2.24, 2.45) is 5.92 Å². The fraction of sp³-hybridized carbons (Fsp3) is 0.571. The van der Waals surface area contributed by atoms with E-state index >= 15 is 0 Å². The lowest BCUT2D eigenvalue weighted by Gasteiger charge is -2.34. The monoisotopic (exact) mass is 466 g/mol. The van der Waals surface area contributed by atoms with Crippen LogP contribution < -0.4 is 16.0 Å². The van der Waals surface area contributed by atoms with Crippen LogP contribution in [0.2, 0.25) is 5.02 Å².